The highest BCUT2D eigenvalue weighted by Gasteiger charge is 2.75. The van der Waals surface area contributed by atoms with E-state index < -0.39 is 35.6 Å². The van der Waals surface area contributed by atoms with Crippen molar-refractivity contribution in [1.29, 1.82) is 0 Å². The van der Waals surface area contributed by atoms with Crippen LogP contribution in [0.5, 0.6) is 0 Å². The van der Waals surface area contributed by atoms with E-state index >= 15 is 0 Å². The second-order valence-electron chi connectivity index (χ2n) is 10.8. The van der Waals surface area contributed by atoms with Crippen LogP contribution in [-0.2, 0) is 19.1 Å². The van der Waals surface area contributed by atoms with Gasteiger partial charge < -0.3 is 24.5 Å². The molecule has 2 aromatic rings. The van der Waals surface area contributed by atoms with E-state index in [2.05, 4.69) is 13.2 Å². The maximum absolute atomic E-state index is 14.6. The number of benzene rings is 2. The van der Waals surface area contributed by atoms with E-state index in [0.29, 0.717) is 31.5 Å². The van der Waals surface area contributed by atoms with E-state index in [0.717, 1.165) is 10.8 Å². The topological polar surface area (TPSA) is 90.4 Å². The van der Waals surface area contributed by atoms with Gasteiger partial charge in [-0.2, -0.15) is 0 Å². The van der Waals surface area contributed by atoms with Crippen LogP contribution in [0.15, 0.2) is 67.8 Å². The van der Waals surface area contributed by atoms with Crippen LogP contribution in [0.2, 0.25) is 0 Å². The summed E-state index contributed by atoms with van der Waals surface area (Å²) >= 11 is 0. The maximum atomic E-state index is 14.6. The zero-order valence-electron chi connectivity index (χ0n) is 22.7. The highest BCUT2D eigenvalue weighted by atomic mass is 16.5. The lowest BCUT2D eigenvalue weighted by Crippen LogP contribution is -2.59. The van der Waals surface area contributed by atoms with Gasteiger partial charge in [0.1, 0.15) is 11.6 Å². The molecule has 0 saturated carbocycles. The number of aliphatic hydroxyl groups is 1. The minimum Gasteiger partial charge on any atom is -0.394 e. The largest absolute Gasteiger partial charge is 0.394 e. The zero-order chi connectivity index (χ0) is 27.9. The van der Waals surface area contributed by atoms with Crippen molar-refractivity contribution < 1.29 is 24.2 Å². The van der Waals surface area contributed by atoms with Gasteiger partial charge in [0.2, 0.25) is 11.8 Å². The minimum absolute atomic E-state index is 0.178. The number of carbonyl (C=O) groups is 3. The average molecular weight is 532 g/mol. The highest BCUT2D eigenvalue weighted by molar-refractivity contribution is 6.06. The van der Waals surface area contributed by atoms with Crippen LogP contribution in [0.1, 0.15) is 26.2 Å². The number of likely N-dealkylation sites (N-methyl/N-ethyl adjacent to an activating group) is 1. The third-order valence-corrected chi connectivity index (χ3v) is 8.73. The Hall–Kier alpha value is -3.49. The molecule has 2 aromatic carbocycles. The van der Waals surface area contributed by atoms with Crippen molar-refractivity contribution >= 4 is 34.2 Å². The Morgan fingerprint density at radius 3 is 2.54 bits per heavy atom. The summed E-state index contributed by atoms with van der Waals surface area (Å²) in [5, 5.41) is 12.3. The number of aliphatic hydroxyl groups excluding tert-OH is 1. The molecule has 3 heterocycles. The maximum Gasteiger partial charge on any atom is 0.253 e. The summed E-state index contributed by atoms with van der Waals surface area (Å²) in [6.45, 7) is 9.79. The second kappa shape index (κ2) is 10.6. The molecular formula is C31H37N3O5. The fraction of sp³-hybridized carbons (Fsp3) is 0.452. The first-order valence-electron chi connectivity index (χ1n) is 13.7. The summed E-state index contributed by atoms with van der Waals surface area (Å²) < 4.78 is 6.56. The van der Waals surface area contributed by atoms with Crippen molar-refractivity contribution in [3.63, 3.8) is 0 Å². The van der Waals surface area contributed by atoms with Gasteiger partial charge in [0.05, 0.1) is 30.6 Å². The molecule has 1 spiro atoms. The molecule has 0 aromatic heterocycles. The van der Waals surface area contributed by atoms with Crippen LogP contribution in [-0.4, -0.2) is 83.2 Å². The molecule has 5 rings (SSSR count). The molecule has 3 fully saturated rings. The molecule has 0 radical (unpaired) electrons. The Kier molecular flexibility index (Phi) is 7.35. The molecule has 8 nitrogen and oxygen atoms in total. The standard InChI is InChI=1S/C31H37N3O5/c1-5-16-32(4)28(36)25-24-14-15-31(39-24)26(25)29(37)34(22(7-3)19-35)27(31)30(38)33(17-6-2)23-13-12-20-10-8-9-11-21(20)18-23/h5-6,8-13,18,22,24-27,35H,1-2,7,14-17,19H2,3-4H3/t22-,24+,25-,26-,27?,31?/m0/s1. The summed E-state index contributed by atoms with van der Waals surface area (Å²) in [7, 11) is 1.69. The number of hydrogen-bond acceptors (Lipinski definition) is 5. The average Bonchev–Trinajstić information content (AvgIpc) is 3.59. The third kappa shape index (κ3) is 4.17. The number of ether oxygens (including phenoxy) is 1. The van der Waals surface area contributed by atoms with E-state index in [-0.39, 0.29) is 30.9 Å². The molecule has 206 valence electrons. The lowest BCUT2D eigenvalue weighted by Gasteiger charge is -2.39. The number of nitrogens with zero attached hydrogens (tertiary/aromatic N) is 3. The summed E-state index contributed by atoms with van der Waals surface area (Å²) in [5.74, 6) is -2.23. The molecule has 0 aliphatic carbocycles. The summed E-state index contributed by atoms with van der Waals surface area (Å²) in [5.41, 5.74) is -0.443. The monoisotopic (exact) mass is 531 g/mol. The van der Waals surface area contributed by atoms with Gasteiger partial charge in [-0.3, -0.25) is 14.4 Å². The summed E-state index contributed by atoms with van der Waals surface area (Å²) in [6.07, 6.45) is 4.43. The normalized spacial score (nSPS) is 27.9. The van der Waals surface area contributed by atoms with Gasteiger partial charge in [0.25, 0.3) is 5.91 Å². The zero-order valence-corrected chi connectivity index (χ0v) is 22.7. The Morgan fingerprint density at radius 1 is 1.15 bits per heavy atom. The quantitative estimate of drug-likeness (QED) is 0.476. The fourth-order valence-corrected chi connectivity index (χ4v) is 6.94. The number of likely N-dealkylation sites (tertiary alicyclic amines) is 1. The van der Waals surface area contributed by atoms with Gasteiger partial charge in [0.15, 0.2) is 0 Å². The Balaban J connectivity index is 1.59. The van der Waals surface area contributed by atoms with Gasteiger partial charge >= 0.3 is 0 Å². The Bertz CT molecular complexity index is 1310. The van der Waals surface area contributed by atoms with Crippen molar-refractivity contribution in [1.82, 2.24) is 9.80 Å². The molecule has 3 aliphatic heterocycles. The van der Waals surface area contributed by atoms with Crippen LogP contribution in [0.25, 0.3) is 10.8 Å². The molecule has 8 heteroatoms. The number of carbonyl (C=O) groups excluding carboxylic acids is 3. The molecule has 3 saturated heterocycles. The van der Waals surface area contributed by atoms with Gasteiger partial charge in [-0.15, -0.1) is 13.2 Å². The fourth-order valence-electron chi connectivity index (χ4n) is 6.94. The summed E-state index contributed by atoms with van der Waals surface area (Å²) in [6, 6.07) is 12.2. The van der Waals surface area contributed by atoms with Crippen molar-refractivity contribution in [3.8, 4) is 0 Å². The SMILES string of the molecule is C=CCN(C)C(=O)[C@@H]1[C@H]2C(=O)N([C@@H](CC)CO)C(C(=O)N(CC=C)c3ccc4ccccc4c3)C23CC[C@H]1O3. The predicted molar refractivity (Wildman–Crippen MR) is 150 cm³/mol. The van der Waals surface area contributed by atoms with E-state index in [4.69, 9.17) is 4.74 Å². The predicted octanol–water partition coefficient (Wildman–Crippen LogP) is 3.15. The third-order valence-electron chi connectivity index (χ3n) is 8.73. The summed E-state index contributed by atoms with van der Waals surface area (Å²) in [4.78, 5) is 47.1. The minimum atomic E-state index is -1.13. The lowest BCUT2D eigenvalue weighted by molar-refractivity contribution is -0.146. The second-order valence-corrected chi connectivity index (χ2v) is 10.8. The molecule has 39 heavy (non-hydrogen) atoms. The molecule has 6 atom stereocenters. The molecule has 2 bridgehead atoms. The first-order chi connectivity index (χ1) is 18.8. The number of hydrogen-bond donors (Lipinski definition) is 1. The highest BCUT2D eigenvalue weighted by Crippen LogP contribution is 2.59. The first-order valence-corrected chi connectivity index (χ1v) is 13.7. The number of rotatable bonds is 10. The Labute approximate surface area is 229 Å². The van der Waals surface area contributed by atoms with E-state index in [9.17, 15) is 19.5 Å². The van der Waals surface area contributed by atoms with Crippen molar-refractivity contribution in [2.45, 2.75) is 50.0 Å². The number of anilines is 1. The van der Waals surface area contributed by atoms with Gasteiger partial charge in [-0.05, 0) is 42.2 Å². The molecule has 3 amide bonds. The number of fused-ring (bicyclic) bond motifs is 2. The lowest BCUT2D eigenvalue weighted by atomic mass is 9.70. The first kappa shape index (κ1) is 27.1. The van der Waals surface area contributed by atoms with Gasteiger partial charge in [0, 0.05) is 25.8 Å². The van der Waals surface area contributed by atoms with Gasteiger partial charge in [-0.25, -0.2) is 0 Å². The van der Waals surface area contributed by atoms with E-state index in [1.165, 1.54) is 4.90 Å². The molecule has 2 unspecified atom stereocenters. The van der Waals surface area contributed by atoms with E-state index in [1.807, 2.05) is 49.4 Å². The van der Waals surface area contributed by atoms with Crippen LogP contribution in [0.4, 0.5) is 5.69 Å². The van der Waals surface area contributed by atoms with Crippen LogP contribution >= 0.6 is 0 Å². The van der Waals surface area contributed by atoms with Crippen molar-refractivity contribution in [3.05, 3.63) is 67.8 Å². The van der Waals surface area contributed by atoms with Crippen molar-refractivity contribution in [2.75, 3.05) is 31.6 Å². The van der Waals surface area contributed by atoms with Crippen LogP contribution < -0.4 is 4.90 Å². The Morgan fingerprint density at radius 2 is 1.87 bits per heavy atom. The van der Waals surface area contributed by atoms with E-state index in [1.54, 1.807) is 29.0 Å². The van der Waals surface area contributed by atoms with Crippen LogP contribution in [0, 0.1) is 11.8 Å². The molecule has 3 aliphatic rings. The smallest absolute Gasteiger partial charge is 0.253 e. The number of amides is 3. The molecule has 1 N–H and O–H groups in total. The van der Waals surface area contributed by atoms with Gasteiger partial charge in [-0.1, -0.05) is 49.4 Å². The van der Waals surface area contributed by atoms with Crippen LogP contribution in [0.3, 0.4) is 0 Å². The molecular weight excluding hydrogens is 494 g/mol. The van der Waals surface area contributed by atoms with Crippen molar-refractivity contribution in [2.24, 2.45) is 11.8 Å².